The first-order valence-corrected chi connectivity index (χ1v) is 8.02. The SMILES string of the molecule is COc1ccc(C2=CC=CCC2(NC(C)=O)c2ccccc2)cc1. The Morgan fingerprint density at radius 2 is 1.79 bits per heavy atom. The van der Waals surface area contributed by atoms with Gasteiger partial charge in [-0.25, -0.2) is 0 Å². The fourth-order valence-corrected chi connectivity index (χ4v) is 3.26. The molecule has 2 aromatic rings. The third kappa shape index (κ3) is 2.98. The number of amides is 1. The van der Waals surface area contributed by atoms with Crippen LogP contribution in [-0.2, 0) is 10.3 Å². The maximum atomic E-state index is 12.0. The molecule has 1 unspecified atom stereocenters. The molecule has 0 heterocycles. The molecule has 122 valence electrons. The lowest BCUT2D eigenvalue weighted by Crippen LogP contribution is -2.46. The zero-order valence-electron chi connectivity index (χ0n) is 14.0. The first-order chi connectivity index (χ1) is 11.7. The van der Waals surface area contributed by atoms with E-state index in [1.54, 1.807) is 14.0 Å². The van der Waals surface area contributed by atoms with Crippen LogP contribution in [0, 0.1) is 0 Å². The maximum absolute atomic E-state index is 12.0. The fraction of sp³-hybridized carbons (Fsp3) is 0.190. The van der Waals surface area contributed by atoms with Gasteiger partial charge in [0.2, 0.25) is 5.91 Å². The van der Waals surface area contributed by atoms with Crippen molar-refractivity contribution in [1.82, 2.24) is 5.32 Å². The lowest BCUT2D eigenvalue weighted by atomic mass is 9.74. The summed E-state index contributed by atoms with van der Waals surface area (Å²) >= 11 is 0. The summed E-state index contributed by atoms with van der Waals surface area (Å²) in [5.74, 6) is 0.768. The Morgan fingerprint density at radius 3 is 2.42 bits per heavy atom. The summed E-state index contributed by atoms with van der Waals surface area (Å²) in [7, 11) is 1.66. The number of hydrogen-bond acceptors (Lipinski definition) is 2. The average molecular weight is 319 g/mol. The van der Waals surface area contributed by atoms with Crippen LogP contribution in [0.1, 0.15) is 24.5 Å². The number of ether oxygens (including phenoxy) is 1. The van der Waals surface area contributed by atoms with Crippen LogP contribution in [0.15, 0.2) is 72.8 Å². The van der Waals surface area contributed by atoms with E-state index >= 15 is 0 Å². The number of benzene rings is 2. The average Bonchev–Trinajstić information content (AvgIpc) is 2.62. The van der Waals surface area contributed by atoms with E-state index in [1.807, 2.05) is 48.5 Å². The standard InChI is InChI=1S/C21H21NO2/c1-16(23)22-21(18-8-4-3-5-9-18)15-7-6-10-20(21)17-11-13-19(24-2)14-12-17/h3-14H,15H2,1-2H3,(H,22,23). The van der Waals surface area contributed by atoms with Crippen LogP contribution in [0.25, 0.3) is 5.57 Å². The molecule has 0 fully saturated rings. The highest BCUT2D eigenvalue weighted by atomic mass is 16.5. The van der Waals surface area contributed by atoms with Crippen molar-refractivity contribution in [2.24, 2.45) is 0 Å². The highest BCUT2D eigenvalue weighted by Gasteiger charge is 2.37. The molecular formula is C21H21NO2. The predicted octanol–water partition coefficient (Wildman–Crippen LogP) is 4.07. The van der Waals surface area contributed by atoms with Crippen molar-refractivity contribution in [2.75, 3.05) is 7.11 Å². The van der Waals surface area contributed by atoms with E-state index in [9.17, 15) is 4.79 Å². The Bertz CT molecular complexity index is 775. The van der Waals surface area contributed by atoms with E-state index in [1.165, 1.54) is 0 Å². The van der Waals surface area contributed by atoms with Gasteiger partial charge < -0.3 is 10.1 Å². The van der Waals surface area contributed by atoms with Crippen LogP contribution in [0.5, 0.6) is 5.75 Å². The molecule has 1 aliphatic rings. The molecule has 0 aliphatic heterocycles. The first-order valence-electron chi connectivity index (χ1n) is 8.02. The fourth-order valence-electron chi connectivity index (χ4n) is 3.26. The van der Waals surface area contributed by atoms with E-state index < -0.39 is 5.54 Å². The van der Waals surface area contributed by atoms with Crippen molar-refractivity contribution in [3.8, 4) is 5.75 Å². The summed E-state index contributed by atoms with van der Waals surface area (Å²) in [6.45, 7) is 1.56. The van der Waals surface area contributed by atoms with Crippen molar-refractivity contribution in [1.29, 1.82) is 0 Å². The van der Waals surface area contributed by atoms with Gasteiger partial charge in [-0.3, -0.25) is 4.79 Å². The summed E-state index contributed by atoms with van der Waals surface area (Å²) in [4.78, 5) is 12.0. The van der Waals surface area contributed by atoms with E-state index in [0.29, 0.717) is 6.42 Å². The minimum atomic E-state index is -0.559. The monoisotopic (exact) mass is 319 g/mol. The van der Waals surface area contributed by atoms with Crippen LogP contribution in [0.3, 0.4) is 0 Å². The molecule has 1 N–H and O–H groups in total. The quantitative estimate of drug-likeness (QED) is 0.922. The summed E-state index contributed by atoms with van der Waals surface area (Å²) in [6.07, 6.45) is 6.93. The van der Waals surface area contributed by atoms with Gasteiger partial charge in [0.15, 0.2) is 0 Å². The van der Waals surface area contributed by atoms with Crippen LogP contribution in [0.4, 0.5) is 0 Å². The van der Waals surface area contributed by atoms with Gasteiger partial charge in [0.05, 0.1) is 12.6 Å². The summed E-state index contributed by atoms with van der Waals surface area (Å²) < 4.78 is 5.25. The molecule has 0 aromatic heterocycles. The second-order valence-electron chi connectivity index (χ2n) is 5.89. The number of carbonyl (C=O) groups is 1. The lowest BCUT2D eigenvalue weighted by Gasteiger charge is -2.38. The summed E-state index contributed by atoms with van der Waals surface area (Å²) in [6, 6.07) is 18.1. The van der Waals surface area contributed by atoms with Crippen LogP contribution in [-0.4, -0.2) is 13.0 Å². The van der Waals surface area contributed by atoms with Gasteiger partial charge in [0.1, 0.15) is 5.75 Å². The molecule has 3 heteroatoms. The number of carbonyl (C=O) groups excluding carboxylic acids is 1. The molecule has 0 bridgehead atoms. The van der Waals surface area contributed by atoms with Crippen molar-refractivity contribution in [2.45, 2.75) is 18.9 Å². The van der Waals surface area contributed by atoms with Gasteiger partial charge in [-0.15, -0.1) is 0 Å². The third-order valence-corrected chi connectivity index (χ3v) is 4.34. The van der Waals surface area contributed by atoms with Gasteiger partial charge in [0.25, 0.3) is 0 Å². The van der Waals surface area contributed by atoms with Crippen molar-refractivity contribution in [3.05, 3.63) is 84.0 Å². The van der Waals surface area contributed by atoms with Crippen LogP contribution in [0.2, 0.25) is 0 Å². The van der Waals surface area contributed by atoms with Gasteiger partial charge in [-0.2, -0.15) is 0 Å². The lowest BCUT2D eigenvalue weighted by molar-refractivity contribution is -0.120. The van der Waals surface area contributed by atoms with Gasteiger partial charge >= 0.3 is 0 Å². The normalized spacial score (nSPS) is 19.5. The third-order valence-electron chi connectivity index (χ3n) is 4.34. The smallest absolute Gasteiger partial charge is 0.217 e. The molecule has 2 aromatic carbocycles. The number of allylic oxidation sites excluding steroid dienone is 2. The molecule has 3 rings (SSSR count). The minimum Gasteiger partial charge on any atom is -0.497 e. The Hall–Kier alpha value is -2.81. The number of methoxy groups -OCH3 is 1. The molecule has 0 saturated carbocycles. The summed E-state index contributed by atoms with van der Waals surface area (Å²) in [5.41, 5.74) is 2.66. The number of hydrogen-bond donors (Lipinski definition) is 1. The molecular weight excluding hydrogens is 298 g/mol. The van der Waals surface area contributed by atoms with E-state index in [0.717, 1.165) is 22.4 Å². The van der Waals surface area contributed by atoms with Crippen molar-refractivity contribution < 1.29 is 9.53 Å². The van der Waals surface area contributed by atoms with E-state index in [4.69, 9.17) is 4.74 Å². The molecule has 1 atom stereocenters. The van der Waals surface area contributed by atoms with Gasteiger partial charge in [-0.05, 0) is 35.3 Å². The first kappa shape index (κ1) is 16.1. The Labute approximate surface area is 142 Å². The van der Waals surface area contributed by atoms with E-state index in [-0.39, 0.29) is 5.91 Å². The largest absolute Gasteiger partial charge is 0.497 e. The molecule has 0 radical (unpaired) electrons. The van der Waals surface area contributed by atoms with Gasteiger partial charge in [-0.1, -0.05) is 60.7 Å². The molecule has 0 spiro atoms. The van der Waals surface area contributed by atoms with Crippen LogP contribution < -0.4 is 10.1 Å². The van der Waals surface area contributed by atoms with Crippen molar-refractivity contribution in [3.63, 3.8) is 0 Å². The zero-order chi connectivity index (χ0) is 17.0. The molecule has 24 heavy (non-hydrogen) atoms. The predicted molar refractivity (Wildman–Crippen MR) is 96.7 cm³/mol. The Morgan fingerprint density at radius 1 is 1.08 bits per heavy atom. The minimum absolute atomic E-state index is 0.0476. The van der Waals surface area contributed by atoms with Gasteiger partial charge in [0, 0.05) is 6.92 Å². The zero-order valence-corrected chi connectivity index (χ0v) is 14.0. The number of rotatable bonds is 4. The summed E-state index contributed by atoms with van der Waals surface area (Å²) in [5, 5.41) is 3.20. The maximum Gasteiger partial charge on any atom is 0.217 e. The number of nitrogens with one attached hydrogen (secondary N) is 1. The molecule has 0 saturated heterocycles. The van der Waals surface area contributed by atoms with Crippen molar-refractivity contribution >= 4 is 11.5 Å². The second-order valence-corrected chi connectivity index (χ2v) is 5.89. The molecule has 1 aliphatic carbocycles. The highest BCUT2D eigenvalue weighted by molar-refractivity contribution is 5.84. The Balaban J connectivity index is 2.13. The van der Waals surface area contributed by atoms with Crippen LogP contribution >= 0.6 is 0 Å². The topological polar surface area (TPSA) is 38.3 Å². The second kappa shape index (κ2) is 6.75. The van der Waals surface area contributed by atoms with E-state index in [2.05, 4.69) is 29.6 Å². The molecule has 1 amide bonds. The molecule has 3 nitrogen and oxygen atoms in total. The Kier molecular flexibility index (Phi) is 4.52. The highest BCUT2D eigenvalue weighted by Crippen LogP contribution is 2.42.